The summed E-state index contributed by atoms with van der Waals surface area (Å²) in [7, 11) is 0. The first-order valence-corrected chi connectivity index (χ1v) is 7.70. The van der Waals surface area contributed by atoms with Crippen LogP contribution >= 0.6 is 0 Å². The fraction of sp³-hybridized carbons (Fsp3) is 0.765. The van der Waals surface area contributed by atoms with Crippen LogP contribution in [-0.4, -0.2) is 30.7 Å². The summed E-state index contributed by atoms with van der Waals surface area (Å²) in [5.74, 6) is 0. The van der Waals surface area contributed by atoms with Crippen molar-refractivity contribution in [2.45, 2.75) is 72.7 Å². The average Bonchev–Trinajstić information content (AvgIpc) is 2.42. The lowest BCUT2D eigenvalue weighted by Gasteiger charge is -2.21. The third-order valence-electron chi connectivity index (χ3n) is 3.14. The molecule has 0 aliphatic heterocycles. The van der Waals surface area contributed by atoms with Gasteiger partial charge in [0.2, 0.25) is 0 Å². The zero-order chi connectivity index (χ0) is 15.4. The number of hydrogen-bond acceptors (Lipinski definition) is 3. The second-order valence-electron chi connectivity index (χ2n) is 5.39. The van der Waals surface area contributed by atoms with E-state index in [9.17, 15) is 0 Å². The number of hydrogen-bond donors (Lipinski definition) is 1. The first kappa shape index (κ1) is 19.4. The number of rotatable bonds is 11. The molecule has 3 heteroatoms. The minimum absolute atomic E-state index is 0.0495. The highest BCUT2D eigenvalue weighted by Crippen LogP contribution is 2.10. The van der Waals surface area contributed by atoms with E-state index in [0.717, 1.165) is 25.7 Å². The van der Waals surface area contributed by atoms with Gasteiger partial charge in [0.15, 0.2) is 6.29 Å². The Hall–Kier alpha value is -0.640. The molecule has 118 valence electrons. The van der Waals surface area contributed by atoms with Gasteiger partial charge < -0.3 is 14.6 Å². The molecule has 2 unspecified atom stereocenters. The Morgan fingerprint density at radius 2 is 1.80 bits per heavy atom. The minimum Gasteiger partial charge on any atom is -0.394 e. The van der Waals surface area contributed by atoms with Crippen LogP contribution in [0.1, 0.15) is 60.3 Å². The minimum atomic E-state index is -0.228. The van der Waals surface area contributed by atoms with Gasteiger partial charge in [0, 0.05) is 0 Å². The van der Waals surface area contributed by atoms with Gasteiger partial charge in [0.1, 0.15) is 0 Å². The lowest BCUT2D eigenvalue weighted by atomic mass is 10.1. The van der Waals surface area contributed by atoms with Crippen LogP contribution in [0.5, 0.6) is 0 Å². The third-order valence-corrected chi connectivity index (χ3v) is 3.14. The molecule has 0 aliphatic rings. The zero-order valence-electron chi connectivity index (χ0n) is 13.8. The molecule has 0 amide bonds. The van der Waals surface area contributed by atoms with Gasteiger partial charge in [-0.1, -0.05) is 37.1 Å². The normalized spacial score (nSPS) is 15.0. The second kappa shape index (κ2) is 12.1. The molecule has 0 bridgehead atoms. The van der Waals surface area contributed by atoms with Crippen molar-refractivity contribution in [2.75, 3.05) is 13.2 Å². The van der Waals surface area contributed by atoms with Crippen molar-refractivity contribution in [1.29, 1.82) is 0 Å². The van der Waals surface area contributed by atoms with E-state index < -0.39 is 0 Å². The molecule has 0 fully saturated rings. The Kier molecular flexibility index (Phi) is 11.7. The molecule has 1 N–H and O–H groups in total. The van der Waals surface area contributed by atoms with Crippen LogP contribution in [-0.2, 0) is 9.47 Å². The van der Waals surface area contributed by atoms with Crippen LogP contribution in [0, 0.1) is 0 Å². The van der Waals surface area contributed by atoms with E-state index in [0.29, 0.717) is 6.61 Å². The number of ether oxygens (including phenoxy) is 2. The Morgan fingerprint density at radius 1 is 1.10 bits per heavy atom. The fourth-order valence-electron chi connectivity index (χ4n) is 1.72. The van der Waals surface area contributed by atoms with Gasteiger partial charge in [0.25, 0.3) is 0 Å². The molecule has 0 saturated heterocycles. The quantitative estimate of drug-likeness (QED) is 0.456. The summed E-state index contributed by atoms with van der Waals surface area (Å²) in [6, 6.07) is 0. The standard InChI is InChI=1S/C17H32O3/c1-6-16(13-18)20-17(7-2)19-12-11-15(5)10-8-9-14(3)4/h9,11,16-18H,6-8,10,12-13H2,1-5H3/b15-11+. The van der Waals surface area contributed by atoms with Gasteiger partial charge in [0.05, 0.1) is 19.3 Å². The van der Waals surface area contributed by atoms with Crippen LogP contribution in [0.25, 0.3) is 0 Å². The van der Waals surface area contributed by atoms with E-state index in [-0.39, 0.29) is 19.0 Å². The van der Waals surface area contributed by atoms with Gasteiger partial charge in [-0.25, -0.2) is 0 Å². The molecule has 0 spiro atoms. The third kappa shape index (κ3) is 10.2. The number of aliphatic hydroxyl groups is 1. The Morgan fingerprint density at radius 3 is 2.30 bits per heavy atom. The van der Waals surface area contributed by atoms with Gasteiger partial charge in [-0.15, -0.1) is 0 Å². The van der Waals surface area contributed by atoms with Crippen LogP contribution in [0.2, 0.25) is 0 Å². The summed E-state index contributed by atoms with van der Waals surface area (Å²) in [4.78, 5) is 0. The predicted molar refractivity (Wildman–Crippen MR) is 84.7 cm³/mol. The van der Waals surface area contributed by atoms with Crippen molar-refractivity contribution in [3.63, 3.8) is 0 Å². The van der Waals surface area contributed by atoms with E-state index in [4.69, 9.17) is 14.6 Å². The first-order valence-electron chi connectivity index (χ1n) is 7.70. The Balaban J connectivity index is 4.01. The highest BCUT2D eigenvalue weighted by atomic mass is 16.7. The molecule has 0 aromatic carbocycles. The molecule has 20 heavy (non-hydrogen) atoms. The second-order valence-corrected chi connectivity index (χ2v) is 5.39. The van der Waals surface area contributed by atoms with E-state index in [1.807, 2.05) is 13.8 Å². The van der Waals surface area contributed by atoms with Crippen LogP contribution in [0.4, 0.5) is 0 Å². The van der Waals surface area contributed by atoms with Crippen LogP contribution < -0.4 is 0 Å². The molecule has 2 atom stereocenters. The van der Waals surface area contributed by atoms with Crippen LogP contribution in [0.3, 0.4) is 0 Å². The molecular weight excluding hydrogens is 252 g/mol. The number of allylic oxidation sites excluding steroid dienone is 3. The molecule has 0 aromatic heterocycles. The number of aliphatic hydroxyl groups excluding tert-OH is 1. The maximum Gasteiger partial charge on any atom is 0.158 e. The summed E-state index contributed by atoms with van der Waals surface area (Å²) in [6.45, 7) is 11.0. The molecule has 0 aliphatic carbocycles. The van der Waals surface area contributed by atoms with Crippen molar-refractivity contribution in [3.8, 4) is 0 Å². The fourth-order valence-corrected chi connectivity index (χ4v) is 1.72. The molecular formula is C17H32O3. The monoisotopic (exact) mass is 284 g/mol. The van der Waals surface area contributed by atoms with Crippen molar-refractivity contribution < 1.29 is 14.6 Å². The molecule has 0 aromatic rings. The van der Waals surface area contributed by atoms with Gasteiger partial charge >= 0.3 is 0 Å². The topological polar surface area (TPSA) is 38.7 Å². The molecule has 0 rings (SSSR count). The predicted octanol–water partition coefficient (Wildman–Crippen LogP) is 4.22. The summed E-state index contributed by atoms with van der Waals surface area (Å²) in [5.41, 5.74) is 2.70. The highest BCUT2D eigenvalue weighted by Gasteiger charge is 2.12. The maximum atomic E-state index is 9.13. The van der Waals surface area contributed by atoms with E-state index in [1.165, 1.54) is 11.1 Å². The summed E-state index contributed by atoms with van der Waals surface area (Å²) < 4.78 is 11.4. The van der Waals surface area contributed by atoms with Crippen molar-refractivity contribution >= 4 is 0 Å². The van der Waals surface area contributed by atoms with Crippen molar-refractivity contribution in [3.05, 3.63) is 23.3 Å². The summed E-state index contributed by atoms with van der Waals surface area (Å²) >= 11 is 0. The Labute approximate surface area is 124 Å². The Bertz CT molecular complexity index is 287. The highest BCUT2D eigenvalue weighted by molar-refractivity contribution is 5.02. The lowest BCUT2D eigenvalue weighted by molar-refractivity contribution is -0.174. The molecule has 3 nitrogen and oxygen atoms in total. The molecule has 0 heterocycles. The molecule has 0 radical (unpaired) electrons. The first-order chi connectivity index (χ1) is 9.53. The van der Waals surface area contributed by atoms with Crippen LogP contribution in [0.15, 0.2) is 23.3 Å². The van der Waals surface area contributed by atoms with Crippen molar-refractivity contribution in [1.82, 2.24) is 0 Å². The van der Waals surface area contributed by atoms with Gasteiger partial charge in [-0.3, -0.25) is 0 Å². The SMILES string of the molecule is CCC(CO)OC(CC)OC/C=C(\C)CCC=C(C)C. The largest absolute Gasteiger partial charge is 0.394 e. The van der Waals surface area contributed by atoms with Gasteiger partial charge in [-0.05, 0) is 46.5 Å². The van der Waals surface area contributed by atoms with E-state index in [1.54, 1.807) is 0 Å². The van der Waals surface area contributed by atoms with E-state index >= 15 is 0 Å². The average molecular weight is 284 g/mol. The van der Waals surface area contributed by atoms with Crippen molar-refractivity contribution in [2.24, 2.45) is 0 Å². The van der Waals surface area contributed by atoms with E-state index in [2.05, 4.69) is 32.9 Å². The summed E-state index contributed by atoms with van der Waals surface area (Å²) in [6.07, 6.45) is 7.77. The molecule has 0 saturated carbocycles. The summed E-state index contributed by atoms with van der Waals surface area (Å²) in [5, 5.41) is 9.13. The zero-order valence-corrected chi connectivity index (χ0v) is 13.8. The lowest BCUT2D eigenvalue weighted by Crippen LogP contribution is -2.26. The maximum absolute atomic E-state index is 9.13. The van der Waals surface area contributed by atoms with Gasteiger partial charge in [-0.2, -0.15) is 0 Å². The smallest absolute Gasteiger partial charge is 0.158 e.